The van der Waals surface area contributed by atoms with Gasteiger partial charge < -0.3 is 18.9 Å². The van der Waals surface area contributed by atoms with E-state index in [4.69, 9.17) is 18.9 Å². The van der Waals surface area contributed by atoms with Crippen LogP contribution in [0.3, 0.4) is 0 Å². The zero-order valence-electron chi connectivity index (χ0n) is 16.3. The predicted octanol–water partition coefficient (Wildman–Crippen LogP) is 3.69. The van der Waals surface area contributed by atoms with Crippen molar-refractivity contribution in [3.63, 3.8) is 0 Å². The van der Waals surface area contributed by atoms with Gasteiger partial charge in [-0.3, -0.25) is 14.4 Å². The number of benzene rings is 1. The van der Waals surface area contributed by atoms with Crippen LogP contribution in [-0.2, 0) is 19.1 Å². The molecular weight excluding hydrogens is 500 g/mol. The molecule has 0 aliphatic carbocycles. The van der Waals surface area contributed by atoms with E-state index in [-0.39, 0.29) is 26.4 Å². The van der Waals surface area contributed by atoms with Crippen molar-refractivity contribution in [2.45, 2.75) is 36.3 Å². The molecule has 0 spiro atoms. The van der Waals surface area contributed by atoms with Crippen LogP contribution < -0.4 is 9.47 Å². The maximum absolute atomic E-state index is 11.7. The number of hydrogen-bond donors (Lipinski definition) is 0. The smallest absolute Gasteiger partial charge is 0.322 e. The lowest BCUT2D eigenvalue weighted by atomic mass is 10.2. The first-order valence-electron chi connectivity index (χ1n) is 8.51. The molecule has 28 heavy (non-hydrogen) atoms. The van der Waals surface area contributed by atoms with Crippen LogP contribution in [0, 0.1) is 0 Å². The molecule has 0 saturated carbocycles. The third-order valence-corrected chi connectivity index (χ3v) is 3.83. The second kappa shape index (κ2) is 10.8. The van der Waals surface area contributed by atoms with E-state index < -0.39 is 20.6 Å². The van der Waals surface area contributed by atoms with Gasteiger partial charge in [-0.15, -0.1) is 0 Å². The summed E-state index contributed by atoms with van der Waals surface area (Å²) < 4.78 is 19.7. The number of rotatable bonds is 11. The Morgan fingerprint density at radius 2 is 1.21 bits per heavy atom. The van der Waals surface area contributed by atoms with Gasteiger partial charge in [0, 0.05) is 11.6 Å². The fourth-order valence-electron chi connectivity index (χ4n) is 1.76. The van der Waals surface area contributed by atoms with E-state index in [9.17, 15) is 14.4 Å². The fourth-order valence-corrected chi connectivity index (χ4v) is 1.99. The highest BCUT2D eigenvalue weighted by atomic mass is 79.9. The Bertz CT molecular complexity index is 638. The van der Waals surface area contributed by atoms with Gasteiger partial charge in [0.1, 0.15) is 52.9 Å². The summed E-state index contributed by atoms with van der Waals surface area (Å²) in [4.78, 5) is 34.4. The van der Waals surface area contributed by atoms with Crippen LogP contribution in [0.2, 0.25) is 0 Å². The summed E-state index contributed by atoms with van der Waals surface area (Å²) in [6, 6.07) is 4.69. The zero-order chi connectivity index (χ0) is 21.4. The zero-order valence-corrected chi connectivity index (χ0v) is 19.4. The summed E-state index contributed by atoms with van der Waals surface area (Å²) in [6.45, 7) is 7.10. The highest BCUT2D eigenvalue weighted by molar-refractivity contribution is 9.10. The third-order valence-electron chi connectivity index (χ3n) is 3.18. The molecule has 0 radical (unpaired) electrons. The molecule has 0 amide bonds. The largest absolute Gasteiger partial charge is 0.490 e. The molecule has 9 heteroatoms. The third kappa shape index (κ3) is 9.05. The molecule has 0 aliphatic heterocycles. The lowest BCUT2D eigenvalue weighted by Crippen LogP contribution is -2.28. The Kier molecular flexibility index (Phi) is 9.43. The van der Waals surface area contributed by atoms with Gasteiger partial charge in [-0.25, -0.2) is 0 Å². The number of ether oxygens (including phenoxy) is 4. The summed E-state index contributed by atoms with van der Waals surface area (Å²) in [6.07, 6.45) is 0.667. The van der Waals surface area contributed by atoms with Crippen LogP contribution >= 0.6 is 31.9 Å². The van der Waals surface area contributed by atoms with E-state index in [1.807, 2.05) is 0 Å². The van der Waals surface area contributed by atoms with Crippen molar-refractivity contribution >= 4 is 50.1 Å². The molecule has 0 N–H and O–H groups in total. The number of esters is 2. The predicted molar refractivity (Wildman–Crippen MR) is 111 cm³/mol. The number of alkyl halides is 2. The number of carbonyl (C=O) groups excluding carboxylic acids is 3. The monoisotopic (exact) mass is 522 g/mol. The summed E-state index contributed by atoms with van der Waals surface area (Å²) in [5.74, 6) is -0.00869. The van der Waals surface area contributed by atoms with E-state index in [1.165, 1.54) is 0 Å². The van der Waals surface area contributed by atoms with Crippen LogP contribution in [0.5, 0.6) is 11.5 Å². The molecule has 7 nitrogen and oxygen atoms in total. The quantitative estimate of drug-likeness (QED) is 0.189. The SMILES string of the molecule is CC(C)(Br)C(=O)OCCOc1cc(C=O)cc(OCCOC(=O)C(C)(C)Br)c1. The lowest BCUT2D eigenvalue weighted by Gasteiger charge is -2.16. The van der Waals surface area contributed by atoms with Crippen LogP contribution in [0.15, 0.2) is 18.2 Å². The molecule has 0 aromatic heterocycles. The van der Waals surface area contributed by atoms with Crippen molar-refractivity contribution in [3.8, 4) is 11.5 Å². The summed E-state index contributed by atoms with van der Waals surface area (Å²) in [7, 11) is 0. The maximum Gasteiger partial charge on any atom is 0.322 e. The van der Waals surface area contributed by atoms with Crippen LogP contribution in [0.25, 0.3) is 0 Å². The highest BCUT2D eigenvalue weighted by Gasteiger charge is 2.26. The van der Waals surface area contributed by atoms with Crippen molar-refractivity contribution in [1.82, 2.24) is 0 Å². The highest BCUT2D eigenvalue weighted by Crippen LogP contribution is 2.23. The Morgan fingerprint density at radius 3 is 1.54 bits per heavy atom. The normalized spacial score (nSPS) is 11.5. The molecular formula is C19H24Br2O7. The summed E-state index contributed by atoms with van der Waals surface area (Å²) in [5.41, 5.74) is 0.365. The molecule has 0 unspecified atom stereocenters. The molecule has 0 bridgehead atoms. The molecule has 1 aromatic carbocycles. The van der Waals surface area contributed by atoms with Gasteiger partial charge in [-0.1, -0.05) is 31.9 Å². The Labute approximate surface area is 181 Å². The average Bonchev–Trinajstić information content (AvgIpc) is 2.60. The Balaban J connectivity index is 2.53. The minimum Gasteiger partial charge on any atom is -0.490 e. The minimum absolute atomic E-state index is 0.0631. The molecule has 1 aromatic rings. The number of halogens is 2. The average molecular weight is 524 g/mol. The Hall–Kier alpha value is -1.61. The topological polar surface area (TPSA) is 88.1 Å². The number of aldehydes is 1. The van der Waals surface area contributed by atoms with Crippen LogP contribution in [0.4, 0.5) is 0 Å². The second-order valence-electron chi connectivity index (χ2n) is 6.77. The first kappa shape index (κ1) is 24.4. The van der Waals surface area contributed by atoms with Crippen LogP contribution in [-0.4, -0.2) is 53.3 Å². The van der Waals surface area contributed by atoms with E-state index in [0.29, 0.717) is 23.3 Å². The maximum atomic E-state index is 11.7. The van der Waals surface area contributed by atoms with E-state index in [1.54, 1.807) is 45.9 Å². The van der Waals surface area contributed by atoms with Crippen molar-refractivity contribution in [3.05, 3.63) is 23.8 Å². The molecule has 0 fully saturated rings. The van der Waals surface area contributed by atoms with Gasteiger partial charge in [-0.2, -0.15) is 0 Å². The second-order valence-corrected chi connectivity index (χ2v) is 10.7. The first-order chi connectivity index (χ1) is 12.9. The molecule has 156 valence electrons. The van der Waals surface area contributed by atoms with E-state index >= 15 is 0 Å². The fraction of sp³-hybridized carbons (Fsp3) is 0.526. The molecule has 0 atom stereocenters. The van der Waals surface area contributed by atoms with E-state index in [2.05, 4.69) is 31.9 Å². The standard InChI is InChI=1S/C19H24Br2O7/c1-18(2,20)16(23)27-7-5-25-14-9-13(12-22)10-15(11-14)26-6-8-28-17(24)19(3,4)21/h9-12H,5-8H2,1-4H3. The molecule has 1 rings (SSSR count). The van der Waals surface area contributed by atoms with E-state index in [0.717, 1.165) is 0 Å². The van der Waals surface area contributed by atoms with Crippen molar-refractivity contribution < 1.29 is 33.3 Å². The van der Waals surface area contributed by atoms with Gasteiger partial charge in [0.05, 0.1) is 0 Å². The Morgan fingerprint density at radius 1 is 0.821 bits per heavy atom. The molecule has 0 aliphatic rings. The van der Waals surface area contributed by atoms with Crippen molar-refractivity contribution in [2.75, 3.05) is 26.4 Å². The molecule has 0 heterocycles. The number of carbonyl (C=O) groups is 3. The van der Waals surface area contributed by atoms with Gasteiger partial charge in [0.15, 0.2) is 0 Å². The van der Waals surface area contributed by atoms with Gasteiger partial charge in [-0.05, 0) is 39.8 Å². The van der Waals surface area contributed by atoms with Crippen molar-refractivity contribution in [1.29, 1.82) is 0 Å². The lowest BCUT2D eigenvalue weighted by molar-refractivity contribution is -0.146. The van der Waals surface area contributed by atoms with Gasteiger partial charge in [0.2, 0.25) is 0 Å². The number of hydrogen-bond acceptors (Lipinski definition) is 7. The summed E-state index contributed by atoms with van der Waals surface area (Å²) >= 11 is 6.43. The molecule has 0 saturated heterocycles. The van der Waals surface area contributed by atoms with Gasteiger partial charge in [0.25, 0.3) is 0 Å². The summed E-state index contributed by atoms with van der Waals surface area (Å²) in [5, 5.41) is 0. The minimum atomic E-state index is -0.765. The van der Waals surface area contributed by atoms with Crippen LogP contribution in [0.1, 0.15) is 38.1 Å². The first-order valence-corrected chi connectivity index (χ1v) is 10.1. The van der Waals surface area contributed by atoms with Gasteiger partial charge >= 0.3 is 11.9 Å². The van der Waals surface area contributed by atoms with Crippen molar-refractivity contribution in [2.24, 2.45) is 0 Å².